The van der Waals surface area contributed by atoms with Crippen LogP contribution >= 0.6 is 0 Å². The molecule has 0 radical (unpaired) electrons. The predicted molar refractivity (Wildman–Crippen MR) is 65.0 cm³/mol. The van der Waals surface area contributed by atoms with E-state index in [9.17, 15) is 28.1 Å². The lowest BCUT2D eigenvalue weighted by molar-refractivity contribution is -0.388. The Morgan fingerprint density at radius 2 is 2.14 bits per heavy atom. The number of carboxylic acids is 1. The molecule has 116 valence electrons. The van der Waals surface area contributed by atoms with E-state index in [0.717, 1.165) is 6.07 Å². The molecule has 0 aliphatic carbocycles. The SMILES string of the molecule is COCC(Nc1ccc([N+](=O)[O-])c(C(F)(F)F)c1)C(=O)O. The van der Waals surface area contributed by atoms with Gasteiger partial charge in [-0.25, -0.2) is 4.79 Å². The molecular formula is C11H11F3N2O5. The smallest absolute Gasteiger partial charge is 0.423 e. The second kappa shape index (κ2) is 6.39. The summed E-state index contributed by atoms with van der Waals surface area (Å²) >= 11 is 0. The number of hydrogen-bond donors (Lipinski definition) is 2. The molecule has 1 rings (SSSR count). The molecule has 0 saturated heterocycles. The summed E-state index contributed by atoms with van der Waals surface area (Å²) in [5.74, 6) is -1.33. The van der Waals surface area contributed by atoms with Crippen molar-refractivity contribution in [2.45, 2.75) is 12.2 Å². The van der Waals surface area contributed by atoms with Crippen LogP contribution in [-0.2, 0) is 15.7 Å². The van der Waals surface area contributed by atoms with Crippen LogP contribution in [0.3, 0.4) is 0 Å². The Kier molecular flexibility index (Phi) is 5.08. The zero-order chi connectivity index (χ0) is 16.2. The number of carboxylic acid groups (broad SMARTS) is 1. The molecule has 1 aromatic carbocycles. The van der Waals surface area contributed by atoms with Crippen molar-refractivity contribution < 1.29 is 32.7 Å². The highest BCUT2D eigenvalue weighted by atomic mass is 19.4. The molecule has 0 aliphatic heterocycles. The molecule has 1 unspecified atom stereocenters. The van der Waals surface area contributed by atoms with Crippen LogP contribution in [0.2, 0.25) is 0 Å². The Hall–Kier alpha value is -2.36. The Bertz CT molecular complexity index is 547. The summed E-state index contributed by atoms with van der Waals surface area (Å²) in [6.45, 7) is -0.284. The second-order valence-electron chi connectivity index (χ2n) is 3.98. The Balaban J connectivity index is 3.16. The first-order valence-electron chi connectivity index (χ1n) is 5.50. The molecule has 0 spiro atoms. The molecule has 1 atom stereocenters. The fourth-order valence-electron chi connectivity index (χ4n) is 1.55. The highest BCUT2D eigenvalue weighted by Gasteiger charge is 2.38. The van der Waals surface area contributed by atoms with E-state index in [2.05, 4.69) is 10.1 Å². The third-order valence-corrected chi connectivity index (χ3v) is 2.47. The minimum absolute atomic E-state index is 0.211. The monoisotopic (exact) mass is 308 g/mol. The highest BCUT2D eigenvalue weighted by molar-refractivity contribution is 5.77. The lowest BCUT2D eigenvalue weighted by Crippen LogP contribution is -2.33. The minimum Gasteiger partial charge on any atom is -0.480 e. The van der Waals surface area contributed by atoms with Gasteiger partial charge in [0.15, 0.2) is 0 Å². The molecule has 0 bridgehead atoms. The van der Waals surface area contributed by atoms with Crippen molar-refractivity contribution in [2.75, 3.05) is 19.0 Å². The normalized spacial score (nSPS) is 12.8. The summed E-state index contributed by atoms with van der Waals surface area (Å²) in [6.07, 6.45) is -4.93. The van der Waals surface area contributed by atoms with Crippen LogP contribution < -0.4 is 5.32 Å². The van der Waals surface area contributed by atoms with Crippen molar-refractivity contribution >= 4 is 17.3 Å². The van der Waals surface area contributed by atoms with E-state index < -0.39 is 34.4 Å². The summed E-state index contributed by atoms with van der Waals surface area (Å²) in [6, 6.07) is 0.872. The third-order valence-electron chi connectivity index (χ3n) is 2.47. The summed E-state index contributed by atoms with van der Waals surface area (Å²) in [5, 5.41) is 21.8. The number of nitro groups is 1. The number of halogens is 3. The van der Waals surface area contributed by atoms with E-state index in [1.165, 1.54) is 7.11 Å². The number of rotatable bonds is 6. The fourth-order valence-corrected chi connectivity index (χ4v) is 1.55. The Morgan fingerprint density at radius 3 is 2.57 bits per heavy atom. The van der Waals surface area contributed by atoms with Crippen molar-refractivity contribution in [2.24, 2.45) is 0 Å². The van der Waals surface area contributed by atoms with Gasteiger partial charge in [0.1, 0.15) is 11.6 Å². The van der Waals surface area contributed by atoms with Gasteiger partial charge in [0.2, 0.25) is 0 Å². The maximum atomic E-state index is 12.8. The molecule has 1 aromatic rings. The van der Waals surface area contributed by atoms with Crippen molar-refractivity contribution in [3.63, 3.8) is 0 Å². The number of nitro benzene ring substituents is 1. The first kappa shape index (κ1) is 16.7. The fraction of sp³-hybridized carbons (Fsp3) is 0.364. The zero-order valence-corrected chi connectivity index (χ0v) is 10.7. The van der Waals surface area contributed by atoms with E-state index in [1.54, 1.807) is 0 Å². The average Bonchev–Trinajstić information content (AvgIpc) is 2.36. The third kappa shape index (κ3) is 4.31. The van der Waals surface area contributed by atoms with E-state index in [4.69, 9.17) is 5.11 Å². The first-order chi connectivity index (χ1) is 9.66. The van der Waals surface area contributed by atoms with Crippen LogP contribution in [0.1, 0.15) is 5.56 Å². The molecule has 0 amide bonds. The zero-order valence-electron chi connectivity index (χ0n) is 10.7. The quantitative estimate of drug-likeness (QED) is 0.616. The van der Waals surface area contributed by atoms with Gasteiger partial charge in [0, 0.05) is 18.9 Å². The summed E-state index contributed by atoms with van der Waals surface area (Å²) in [4.78, 5) is 20.3. The Labute approximate surface area is 116 Å². The molecule has 2 N–H and O–H groups in total. The van der Waals surface area contributed by atoms with Crippen LogP contribution in [0.5, 0.6) is 0 Å². The molecular weight excluding hydrogens is 297 g/mol. The van der Waals surface area contributed by atoms with E-state index >= 15 is 0 Å². The van der Waals surface area contributed by atoms with Gasteiger partial charge >= 0.3 is 12.1 Å². The topological polar surface area (TPSA) is 102 Å². The van der Waals surface area contributed by atoms with Crippen LogP contribution in [0.15, 0.2) is 18.2 Å². The number of nitrogens with zero attached hydrogens (tertiary/aromatic N) is 1. The number of nitrogens with one attached hydrogen (secondary N) is 1. The van der Waals surface area contributed by atoms with Gasteiger partial charge in [0.05, 0.1) is 11.5 Å². The number of benzene rings is 1. The number of methoxy groups -OCH3 is 1. The molecule has 7 nitrogen and oxygen atoms in total. The van der Waals surface area contributed by atoms with E-state index in [0.29, 0.717) is 12.1 Å². The van der Waals surface area contributed by atoms with Gasteiger partial charge in [0.25, 0.3) is 5.69 Å². The molecule has 0 fully saturated rings. The lowest BCUT2D eigenvalue weighted by Gasteiger charge is -2.16. The number of ether oxygens (including phenoxy) is 1. The maximum absolute atomic E-state index is 12.8. The van der Waals surface area contributed by atoms with Crippen LogP contribution in [0, 0.1) is 10.1 Å². The second-order valence-corrected chi connectivity index (χ2v) is 3.98. The van der Waals surface area contributed by atoms with Gasteiger partial charge in [-0.3, -0.25) is 10.1 Å². The van der Waals surface area contributed by atoms with Gasteiger partial charge in [-0.1, -0.05) is 0 Å². The van der Waals surface area contributed by atoms with Crippen LogP contribution in [0.4, 0.5) is 24.5 Å². The number of alkyl halides is 3. The first-order valence-corrected chi connectivity index (χ1v) is 5.50. The van der Waals surface area contributed by atoms with Crippen LogP contribution in [0.25, 0.3) is 0 Å². The maximum Gasteiger partial charge on any atom is 0.423 e. The van der Waals surface area contributed by atoms with Gasteiger partial charge in [-0.2, -0.15) is 13.2 Å². The van der Waals surface area contributed by atoms with Crippen molar-refractivity contribution in [3.8, 4) is 0 Å². The summed E-state index contributed by atoms with van der Waals surface area (Å²) in [5.41, 5.74) is -2.77. The highest BCUT2D eigenvalue weighted by Crippen LogP contribution is 2.37. The molecule has 0 heterocycles. The van der Waals surface area contributed by atoms with Gasteiger partial charge in [-0.15, -0.1) is 0 Å². The van der Waals surface area contributed by atoms with Crippen LogP contribution in [-0.4, -0.2) is 35.8 Å². The molecule has 21 heavy (non-hydrogen) atoms. The average molecular weight is 308 g/mol. The standard InChI is InChI=1S/C11H11F3N2O5/c1-21-5-8(10(17)18)15-6-2-3-9(16(19)20)7(4-6)11(12,13)14/h2-4,8,15H,5H2,1H3,(H,17,18). The predicted octanol–water partition coefficient (Wildman–Crippen LogP) is 2.13. The molecule has 0 saturated carbocycles. The summed E-state index contributed by atoms with van der Waals surface area (Å²) in [7, 11) is 1.23. The van der Waals surface area contributed by atoms with Gasteiger partial charge < -0.3 is 15.2 Å². The number of anilines is 1. The number of hydrogen-bond acceptors (Lipinski definition) is 5. The van der Waals surface area contributed by atoms with E-state index in [-0.39, 0.29) is 12.3 Å². The molecule has 0 aromatic heterocycles. The van der Waals surface area contributed by atoms with Crippen molar-refractivity contribution in [1.29, 1.82) is 0 Å². The minimum atomic E-state index is -4.93. The van der Waals surface area contributed by atoms with Crippen molar-refractivity contribution in [1.82, 2.24) is 0 Å². The lowest BCUT2D eigenvalue weighted by atomic mass is 10.1. The Morgan fingerprint density at radius 1 is 1.52 bits per heavy atom. The number of carbonyl (C=O) groups is 1. The molecule has 0 aliphatic rings. The van der Waals surface area contributed by atoms with Gasteiger partial charge in [-0.05, 0) is 12.1 Å². The number of aliphatic carboxylic acids is 1. The largest absolute Gasteiger partial charge is 0.480 e. The molecule has 10 heteroatoms. The van der Waals surface area contributed by atoms with E-state index in [1.807, 2.05) is 0 Å². The summed E-state index contributed by atoms with van der Waals surface area (Å²) < 4.78 is 42.9. The van der Waals surface area contributed by atoms with Crippen molar-refractivity contribution in [3.05, 3.63) is 33.9 Å².